The molecular formula is C5H12N4O2S. The van der Waals surface area contributed by atoms with Crippen LogP contribution in [0.1, 0.15) is 0 Å². The molecule has 0 radical (unpaired) electrons. The van der Waals surface area contributed by atoms with Gasteiger partial charge in [0.15, 0.2) is 5.96 Å². The first-order valence-corrected chi connectivity index (χ1v) is 4.24. The second-order valence-corrected chi connectivity index (χ2v) is 3.19. The second kappa shape index (κ2) is 5.67. The van der Waals surface area contributed by atoms with E-state index in [0.29, 0.717) is 12.3 Å². The summed E-state index contributed by atoms with van der Waals surface area (Å²) in [6, 6.07) is 0. The van der Waals surface area contributed by atoms with Crippen molar-refractivity contribution in [3.63, 3.8) is 0 Å². The fourth-order valence-electron chi connectivity index (χ4n) is 0.426. The van der Waals surface area contributed by atoms with Crippen molar-refractivity contribution >= 4 is 23.7 Å². The number of carboxylic acids is 1. The number of carboxylic acid groups (broad SMARTS) is 1. The van der Waals surface area contributed by atoms with Crippen LogP contribution in [0.4, 0.5) is 0 Å². The third-order valence-electron chi connectivity index (χ3n) is 0.926. The number of thioether (sulfide) groups is 1. The minimum Gasteiger partial charge on any atom is -0.479 e. The van der Waals surface area contributed by atoms with E-state index >= 15 is 0 Å². The highest BCUT2D eigenvalue weighted by Gasteiger charge is 2.10. The van der Waals surface area contributed by atoms with E-state index in [4.69, 9.17) is 22.3 Å². The molecule has 0 aliphatic carbocycles. The van der Waals surface area contributed by atoms with Crippen molar-refractivity contribution in [3.05, 3.63) is 0 Å². The maximum Gasteiger partial charge on any atom is 0.330 e. The Labute approximate surface area is 74.2 Å². The molecular weight excluding hydrogens is 180 g/mol. The van der Waals surface area contributed by atoms with Crippen LogP contribution in [0.3, 0.4) is 0 Å². The van der Waals surface area contributed by atoms with Gasteiger partial charge in [0.1, 0.15) is 5.37 Å². The van der Waals surface area contributed by atoms with Crippen molar-refractivity contribution in [1.82, 2.24) is 0 Å². The van der Waals surface area contributed by atoms with Gasteiger partial charge in [0, 0.05) is 5.75 Å². The first-order valence-electron chi connectivity index (χ1n) is 3.19. The van der Waals surface area contributed by atoms with E-state index in [2.05, 4.69) is 4.99 Å². The summed E-state index contributed by atoms with van der Waals surface area (Å²) in [4.78, 5) is 13.9. The zero-order valence-electron chi connectivity index (χ0n) is 6.43. The molecule has 0 unspecified atom stereocenters. The number of hydrogen-bond donors (Lipinski definition) is 4. The number of nitrogens with two attached hydrogens (primary N) is 3. The number of guanidine groups is 1. The second-order valence-electron chi connectivity index (χ2n) is 1.94. The fraction of sp³-hybridized carbons (Fsp3) is 0.600. The minimum absolute atomic E-state index is 0.000466. The summed E-state index contributed by atoms with van der Waals surface area (Å²) in [5, 5.41) is 7.46. The maximum absolute atomic E-state index is 10.2. The Hall–Kier alpha value is -0.950. The molecule has 1 atom stereocenters. The van der Waals surface area contributed by atoms with Gasteiger partial charge in [-0.25, -0.2) is 4.79 Å². The van der Waals surface area contributed by atoms with Crippen LogP contribution in [0, 0.1) is 0 Å². The molecule has 0 rings (SSSR count). The quantitative estimate of drug-likeness (QED) is 0.179. The van der Waals surface area contributed by atoms with Gasteiger partial charge in [-0.3, -0.25) is 4.99 Å². The summed E-state index contributed by atoms with van der Waals surface area (Å²) in [6.45, 7) is 0.383. The lowest BCUT2D eigenvalue weighted by molar-refractivity contribution is -0.136. The number of hydrogen-bond acceptors (Lipinski definition) is 4. The minimum atomic E-state index is -1.04. The van der Waals surface area contributed by atoms with Crippen LogP contribution in [0.25, 0.3) is 0 Å². The number of aliphatic carboxylic acids is 1. The largest absolute Gasteiger partial charge is 0.479 e. The maximum atomic E-state index is 10.2. The van der Waals surface area contributed by atoms with E-state index in [1.807, 2.05) is 0 Å². The molecule has 0 aromatic carbocycles. The van der Waals surface area contributed by atoms with Crippen LogP contribution < -0.4 is 17.2 Å². The SMILES string of the molecule is NC(N)=NCCS[C@H](N)C(=O)O. The van der Waals surface area contributed by atoms with Gasteiger partial charge in [0.05, 0.1) is 6.54 Å². The summed E-state index contributed by atoms with van der Waals surface area (Å²) in [5.41, 5.74) is 15.3. The zero-order chi connectivity index (χ0) is 9.56. The molecule has 0 fully saturated rings. The van der Waals surface area contributed by atoms with Crippen molar-refractivity contribution in [1.29, 1.82) is 0 Å². The van der Waals surface area contributed by atoms with Gasteiger partial charge in [-0.15, -0.1) is 11.8 Å². The fourth-order valence-corrected chi connectivity index (χ4v) is 1.02. The topological polar surface area (TPSA) is 128 Å². The van der Waals surface area contributed by atoms with Crippen LogP contribution in [0.15, 0.2) is 4.99 Å². The summed E-state index contributed by atoms with van der Waals surface area (Å²) in [5.74, 6) is -0.546. The molecule has 7 N–H and O–H groups in total. The van der Waals surface area contributed by atoms with E-state index in [1.165, 1.54) is 0 Å². The van der Waals surface area contributed by atoms with Crippen molar-refractivity contribution in [2.75, 3.05) is 12.3 Å². The molecule has 70 valence electrons. The third-order valence-corrected chi connectivity index (χ3v) is 1.91. The van der Waals surface area contributed by atoms with Gasteiger partial charge < -0.3 is 22.3 Å². The van der Waals surface area contributed by atoms with Gasteiger partial charge >= 0.3 is 5.97 Å². The standard InChI is InChI=1S/C5H12N4O2S/c6-3(4(10)11)12-2-1-9-5(7)8/h3H,1-2,6H2,(H,10,11)(H4,7,8,9)/t3-/m0/s1. The van der Waals surface area contributed by atoms with Crippen LogP contribution in [0.5, 0.6) is 0 Å². The molecule has 0 spiro atoms. The van der Waals surface area contributed by atoms with Gasteiger partial charge in [-0.05, 0) is 0 Å². The summed E-state index contributed by atoms with van der Waals surface area (Å²) in [6.07, 6.45) is 0. The summed E-state index contributed by atoms with van der Waals surface area (Å²) >= 11 is 1.09. The lowest BCUT2D eigenvalue weighted by atomic mass is 10.7. The Balaban J connectivity index is 3.44. The van der Waals surface area contributed by atoms with Crippen LogP contribution in [-0.4, -0.2) is 34.7 Å². The Bertz CT molecular complexity index is 180. The molecule has 0 aliphatic rings. The molecule has 12 heavy (non-hydrogen) atoms. The van der Waals surface area contributed by atoms with Crippen molar-refractivity contribution < 1.29 is 9.90 Å². The number of aliphatic imine (C=N–C) groups is 1. The Morgan fingerprint density at radius 3 is 2.58 bits per heavy atom. The van der Waals surface area contributed by atoms with E-state index in [-0.39, 0.29) is 5.96 Å². The third kappa shape index (κ3) is 5.81. The van der Waals surface area contributed by atoms with Gasteiger partial charge in [0.25, 0.3) is 0 Å². The van der Waals surface area contributed by atoms with E-state index < -0.39 is 11.3 Å². The normalized spacial score (nSPS) is 12.1. The highest BCUT2D eigenvalue weighted by atomic mass is 32.2. The average molecular weight is 192 g/mol. The Morgan fingerprint density at radius 2 is 2.17 bits per heavy atom. The van der Waals surface area contributed by atoms with Crippen LogP contribution in [0.2, 0.25) is 0 Å². The molecule has 0 saturated heterocycles. The monoisotopic (exact) mass is 192 g/mol. The molecule has 0 saturated carbocycles. The molecule has 7 heteroatoms. The highest BCUT2D eigenvalue weighted by Crippen LogP contribution is 2.04. The average Bonchev–Trinajstić information content (AvgIpc) is 1.97. The predicted molar refractivity (Wildman–Crippen MR) is 48.7 cm³/mol. The zero-order valence-corrected chi connectivity index (χ0v) is 7.25. The van der Waals surface area contributed by atoms with E-state index in [1.54, 1.807) is 0 Å². The Morgan fingerprint density at radius 1 is 1.58 bits per heavy atom. The van der Waals surface area contributed by atoms with Crippen molar-refractivity contribution in [2.45, 2.75) is 5.37 Å². The number of rotatable bonds is 5. The Kier molecular flexibility index (Phi) is 5.22. The molecule has 0 aromatic heterocycles. The molecule has 0 amide bonds. The van der Waals surface area contributed by atoms with E-state index in [9.17, 15) is 4.79 Å². The molecule has 0 aromatic rings. The first kappa shape index (κ1) is 11.1. The van der Waals surface area contributed by atoms with Crippen molar-refractivity contribution in [3.8, 4) is 0 Å². The predicted octanol–water partition coefficient (Wildman–Crippen LogP) is -1.64. The van der Waals surface area contributed by atoms with Gasteiger partial charge in [-0.1, -0.05) is 0 Å². The highest BCUT2D eigenvalue weighted by molar-refractivity contribution is 8.00. The van der Waals surface area contributed by atoms with Crippen LogP contribution >= 0.6 is 11.8 Å². The van der Waals surface area contributed by atoms with Crippen molar-refractivity contribution in [2.24, 2.45) is 22.2 Å². The summed E-state index contributed by atoms with van der Waals surface area (Å²) in [7, 11) is 0. The number of carbonyl (C=O) groups is 1. The van der Waals surface area contributed by atoms with E-state index in [0.717, 1.165) is 11.8 Å². The molecule has 0 bridgehead atoms. The van der Waals surface area contributed by atoms with Gasteiger partial charge in [-0.2, -0.15) is 0 Å². The molecule has 0 aliphatic heterocycles. The first-order chi connectivity index (χ1) is 5.54. The smallest absolute Gasteiger partial charge is 0.330 e. The van der Waals surface area contributed by atoms with Crippen LogP contribution in [-0.2, 0) is 4.79 Å². The molecule has 0 heterocycles. The molecule has 6 nitrogen and oxygen atoms in total. The number of nitrogens with zero attached hydrogens (tertiary/aromatic N) is 1. The lowest BCUT2D eigenvalue weighted by Gasteiger charge is -2.03. The van der Waals surface area contributed by atoms with Gasteiger partial charge in [0.2, 0.25) is 0 Å². The summed E-state index contributed by atoms with van der Waals surface area (Å²) < 4.78 is 0. The lowest BCUT2D eigenvalue weighted by Crippen LogP contribution is -2.27.